The van der Waals surface area contributed by atoms with Crippen LogP contribution in [0.2, 0.25) is 0 Å². The molecule has 0 rings (SSSR count). The van der Waals surface area contributed by atoms with Crippen molar-refractivity contribution in [2.45, 2.75) is 52.6 Å². The van der Waals surface area contributed by atoms with Crippen molar-refractivity contribution in [1.82, 2.24) is 0 Å². The topological polar surface area (TPSA) is 52.0 Å². The van der Waals surface area contributed by atoms with Crippen LogP contribution >= 0.6 is 0 Å². The molecule has 0 saturated carbocycles. The van der Waals surface area contributed by atoms with Gasteiger partial charge >= 0.3 is 0 Å². The molecule has 0 aromatic carbocycles. The van der Waals surface area contributed by atoms with Gasteiger partial charge in [-0.15, -0.1) is 0 Å². The van der Waals surface area contributed by atoms with E-state index in [0.717, 1.165) is 19.3 Å². The summed E-state index contributed by atoms with van der Waals surface area (Å²) in [5.41, 5.74) is 11.4. The second-order valence-corrected chi connectivity index (χ2v) is 3.62. The smallest absolute Gasteiger partial charge is 0.0665 e. The number of hydrogen-bond acceptors (Lipinski definition) is 2. The van der Waals surface area contributed by atoms with Gasteiger partial charge in [-0.05, 0) is 26.2 Å². The second-order valence-electron chi connectivity index (χ2n) is 3.62. The molecular formula is C9H22BN2. The van der Waals surface area contributed by atoms with Gasteiger partial charge in [-0.1, -0.05) is 20.8 Å². The van der Waals surface area contributed by atoms with Crippen LogP contribution in [0.3, 0.4) is 0 Å². The highest BCUT2D eigenvalue weighted by molar-refractivity contribution is 5.75. The molecule has 71 valence electrons. The van der Waals surface area contributed by atoms with Gasteiger partial charge in [-0.3, -0.25) is 0 Å². The van der Waals surface area contributed by atoms with Gasteiger partial charge in [0.25, 0.3) is 0 Å². The number of rotatable bonds is 4. The van der Waals surface area contributed by atoms with Crippen LogP contribution < -0.4 is 11.5 Å². The Balaban J connectivity index is 0. The summed E-state index contributed by atoms with van der Waals surface area (Å²) in [6.07, 6.45) is 3.18. The van der Waals surface area contributed by atoms with E-state index in [4.69, 9.17) is 11.5 Å². The normalized spacial score (nSPS) is 12.5. The van der Waals surface area contributed by atoms with E-state index < -0.39 is 5.66 Å². The molecule has 0 aliphatic rings. The second kappa shape index (κ2) is 4.88. The zero-order valence-corrected chi connectivity index (χ0v) is 8.85. The van der Waals surface area contributed by atoms with Gasteiger partial charge in [0.1, 0.15) is 0 Å². The predicted molar refractivity (Wildman–Crippen MR) is 55.8 cm³/mol. The average Bonchev–Trinajstić information content (AvgIpc) is 1.90. The van der Waals surface area contributed by atoms with Gasteiger partial charge in [0, 0.05) is 13.8 Å². The van der Waals surface area contributed by atoms with E-state index in [1.54, 1.807) is 0 Å². The third kappa shape index (κ3) is 2.49. The zero-order chi connectivity index (χ0) is 9.12. The quantitative estimate of drug-likeness (QED) is 0.494. The molecule has 0 unspecified atom stereocenters. The standard InChI is InChI=1S/C9H22N2.B/c1-5-9(6-2,7-3)8(4,10)11;/h5-7,10-11H2,1-4H3;. The molecule has 0 aliphatic carbocycles. The van der Waals surface area contributed by atoms with Gasteiger partial charge < -0.3 is 11.5 Å². The molecule has 0 spiro atoms. The molecule has 0 atom stereocenters. The van der Waals surface area contributed by atoms with Crippen LogP contribution in [0.5, 0.6) is 0 Å². The highest BCUT2D eigenvalue weighted by atomic mass is 15.0. The maximum atomic E-state index is 5.92. The van der Waals surface area contributed by atoms with Gasteiger partial charge in [0.05, 0.1) is 5.66 Å². The van der Waals surface area contributed by atoms with Gasteiger partial charge in [0.15, 0.2) is 0 Å². The Kier molecular flexibility index (Phi) is 5.90. The van der Waals surface area contributed by atoms with E-state index in [9.17, 15) is 0 Å². The van der Waals surface area contributed by atoms with E-state index >= 15 is 0 Å². The van der Waals surface area contributed by atoms with Gasteiger partial charge in [-0.2, -0.15) is 0 Å². The largest absolute Gasteiger partial charge is 0.313 e. The molecule has 4 N–H and O–H groups in total. The molecule has 0 aromatic heterocycles. The predicted octanol–water partition coefficient (Wildman–Crippen LogP) is 1.46. The Bertz CT molecular complexity index is 106. The molecule has 12 heavy (non-hydrogen) atoms. The number of hydrogen-bond donors (Lipinski definition) is 2. The highest BCUT2D eigenvalue weighted by Gasteiger charge is 2.38. The van der Waals surface area contributed by atoms with E-state index in [1.807, 2.05) is 6.92 Å². The molecule has 3 radical (unpaired) electrons. The summed E-state index contributed by atoms with van der Waals surface area (Å²) in [5, 5.41) is 0. The first kappa shape index (κ1) is 14.5. The molecular weight excluding hydrogens is 147 g/mol. The van der Waals surface area contributed by atoms with Crippen molar-refractivity contribution in [2.24, 2.45) is 16.9 Å². The van der Waals surface area contributed by atoms with E-state index in [0.29, 0.717) is 0 Å². The lowest BCUT2D eigenvalue weighted by molar-refractivity contribution is 0.118. The summed E-state index contributed by atoms with van der Waals surface area (Å²) in [4.78, 5) is 0. The average molecular weight is 169 g/mol. The lowest BCUT2D eigenvalue weighted by Crippen LogP contribution is -2.59. The molecule has 0 heterocycles. The first-order valence-electron chi connectivity index (χ1n) is 4.51. The van der Waals surface area contributed by atoms with Crippen LogP contribution in [-0.2, 0) is 0 Å². The third-order valence-electron chi connectivity index (χ3n) is 3.17. The highest BCUT2D eigenvalue weighted by Crippen LogP contribution is 2.36. The van der Waals surface area contributed by atoms with Crippen molar-refractivity contribution in [3.8, 4) is 0 Å². The van der Waals surface area contributed by atoms with Crippen LogP contribution in [0.1, 0.15) is 47.0 Å². The first-order chi connectivity index (χ1) is 4.93. The molecule has 0 aromatic rings. The van der Waals surface area contributed by atoms with E-state index in [2.05, 4.69) is 20.8 Å². The van der Waals surface area contributed by atoms with Crippen molar-refractivity contribution >= 4 is 8.41 Å². The SMILES string of the molecule is CCC(CC)(CC)C(C)(N)N.[B]. The summed E-state index contributed by atoms with van der Waals surface area (Å²) in [6, 6.07) is 0. The summed E-state index contributed by atoms with van der Waals surface area (Å²) < 4.78 is 0. The first-order valence-corrected chi connectivity index (χ1v) is 4.51. The molecule has 0 amide bonds. The maximum absolute atomic E-state index is 5.92. The fourth-order valence-corrected chi connectivity index (χ4v) is 1.89. The summed E-state index contributed by atoms with van der Waals surface area (Å²) in [5.74, 6) is 0. The fraction of sp³-hybridized carbons (Fsp3) is 1.00. The summed E-state index contributed by atoms with van der Waals surface area (Å²) in [6.45, 7) is 8.39. The monoisotopic (exact) mass is 169 g/mol. The van der Waals surface area contributed by atoms with Gasteiger partial charge in [0.2, 0.25) is 0 Å². The molecule has 3 heteroatoms. The Morgan fingerprint density at radius 3 is 1.17 bits per heavy atom. The van der Waals surface area contributed by atoms with Crippen molar-refractivity contribution < 1.29 is 0 Å². The van der Waals surface area contributed by atoms with Crippen LogP contribution in [0.4, 0.5) is 0 Å². The van der Waals surface area contributed by atoms with E-state index in [1.165, 1.54) is 0 Å². The Morgan fingerprint density at radius 2 is 1.17 bits per heavy atom. The van der Waals surface area contributed by atoms with Crippen molar-refractivity contribution in [2.75, 3.05) is 0 Å². The van der Waals surface area contributed by atoms with Crippen molar-refractivity contribution in [3.63, 3.8) is 0 Å². The fourth-order valence-electron chi connectivity index (χ4n) is 1.89. The lowest BCUT2D eigenvalue weighted by atomic mass is 9.70. The van der Waals surface area contributed by atoms with Crippen LogP contribution in [0.15, 0.2) is 0 Å². The zero-order valence-electron chi connectivity index (χ0n) is 8.85. The number of nitrogens with two attached hydrogens (primary N) is 2. The molecule has 0 fully saturated rings. The van der Waals surface area contributed by atoms with Crippen LogP contribution in [0, 0.1) is 5.41 Å². The van der Waals surface area contributed by atoms with Crippen molar-refractivity contribution in [1.29, 1.82) is 0 Å². The molecule has 0 aliphatic heterocycles. The third-order valence-corrected chi connectivity index (χ3v) is 3.17. The molecule has 0 bridgehead atoms. The summed E-state index contributed by atoms with van der Waals surface area (Å²) >= 11 is 0. The minimum absolute atomic E-state index is 0. The Labute approximate surface area is 78.7 Å². The van der Waals surface area contributed by atoms with E-state index in [-0.39, 0.29) is 13.8 Å². The Hall–Kier alpha value is -0.0151. The van der Waals surface area contributed by atoms with Crippen LogP contribution in [-0.4, -0.2) is 14.1 Å². The lowest BCUT2D eigenvalue weighted by Gasteiger charge is -2.42. The minimum atomic E-state index is -0.536. The van der Waals surface area contributed by atoms with Crippen LogP contribution in [0.25, 0.3) is 0 Å². The minimum Gasteiger partial charge on any atom is -0.313 e. The van der Waals surface area contributed by atoms with Gasteiger partial charge in [-0.25, -0.2) is 0 Å². The maximum Gasteiger partial charge on any atom is 0.0665 e. The van der Waals surface area contributed by atoms with Crippen molar-refractivity contribution in [3.05, 3.63) is 0 Å². The summed E-state index contributed by atoms with van der Waals surface area (Å²) in [7, 11) is 0. The Morgan fingerprint density at radius 1 is 0.917 bits per heavy atom. The molecule has 2 nitrogen and oxygen atoms in total. The molecule has 0 saturated heterocycles.